The second kappa shape index (κ2) is 9.35. The normalized spacial score (nSPS) is 24.2. The second-order valence-corrected chi connectivity index (χ2v) is 5.93. The molecule has 20 heavy (non-hydrogen) atoms. The van der Waals surface area contributed by atoms with Crippen molar-refractivity contribution in [2.75, 3.05) is 19.8 Å². The molecule has 0 amide bonds. The molecule has 1 rings (SSSR count). The summed E-state index contributed by atoms with van der Waals surface area (Å²) in [6.07, 6.45) is 7.60. The third-order valence-corrected chi connectivity index (χ3v) is 4.45. The summed E-state index contributed by atoms with van der Waals surface area (Å²) in [6.45, 7) is 8.39. The minimum absolute atomic E-state index is 0.0446. The van der Waals surface area contributed by atoms with Gasteiger partial charge in [0.05, 0.1) is 19.1 Å². The van der Waals surface area contributed by atoms with E-state index in [1.54, 1.807) is 0 Å². The number of unbranched alkanes of at least 4 members (excludes halogenated alkanes) is 4. The summed E-state index contributed by atoms with van der Waals surface area (Å²) in [5.41, 5.74) is 0. The Morgan fingerprint density at radius 1 is 1.25 bits per heavy atom. The fourth-order valence-corrected chi connectivity index (χ4v) is 3.19. The lowest BCUT2D eigenvalue weighted by Crippen LogP contribution is -2.47. The van der Waals surface area contributed by atoms with Gasteiger partial charge in [-0.15, -0.1) is 0 Å². The first-order valence-electron chi connectivity index (χ1n) is 8.18. The second-order valence-electron chi connectivity index (χ2n) is 5.93. The van der Waals surface area contributed by atoms with Gasteiger partial charge >= 0.3 is 5.97 Å². The van der Waals surface area contributed by atoms with Crippen LogP contribution in [0.4, 0.5) is 0 Å². The zero-order valence-corrected chi connectivity index (χ0v) is 13.3. The van der Waals surface area contributed by atoms with Crippen molar-refractivity contribution in [3.63, 3.8) is 0 Å². The zero-order valence-electron chi connectivity index (χ0n) is 13.3. The first-order chi connectivity index (χ1) is 9.61. The van der Waals surface area contributed by atoms with Crippen LogP contribution in [0.15, 0.2) is 0 Å². The molecular weight excluding hydrogens is 254 g/mol. The zero-order chi connectivity index (χ0) is 15.0. The van der Waals surface area contributed by atoms with E-state index in [1.165, 1.54) is 32.1 Å². The molecule has 118 valence electrons. The van der Waals surface area contributed by atoms with Crippen molar-refractivity contribution >= 4 is 5.97 Å². The molecule has 3 unspecified atom stereocenters. The number of rotatable bonds is 10. The Balaban J connectivity index is 2.41. The molecule has 0 radical (unpaired) electrons. The Morgan fingerprint density at radius 2 is 1.95 bits per heavy atom. The van der Waals surface area contributed by atoms with Crippen LogP contribution in [-0.2, 0) is 9.53 Å². The van der Waals surface area contributed by atoms with Gasteiger partial charge in [-0.25, -0.2) is 0 Å². The molecule has 0 bridgehead atoms. The van der Waals surface area contributed by atoms with Gasteiger partial charge in [0.2, 0.25) is 0 Å². The Kier molecular flexibility index (Phi) is 8.15. The third-order valence-electron chi connectivity index (χ3n) is 4.45. The predicted octanol–water partition coefficient (Wildman–Crippen LogP) is 3.16. The van der Waals surface area contributed by atoms with Crippen molar-refractivity contribution in [2.45, 2.75) is 71.4 Å². The Hall–Kier alpha value is -0.610. The van der Waals surface area contributed by atoms with E-state index >= 15 is 0 Å². The van der Waals surface area contributed by atoms with E-state index in [1.807, 2.05) is 0 Å². The highest BCUT2D eigenvalue weighted by atomic mass is 16.5. The van der Waals surface area contributed by atoms with Gasteiger partial charge in [-0.3, -0.25) is 9.69 Å². The molecular formula is C16H31NO3. The smallest absolute Gasteiger partial charge is 0.310 e. The molecule has 1 saturated heterocycles. The largest absolute Gasteiger partial charge is 0.481 e. The summed E-state index contributed by atoms with van der Waals surface area (Å²) in [4.78, 5) is 13.6. The summed E-state index contributed by atoms with van der Waals surface area (Å²) in [6, 6.07) is 0.485. The minimum atomic E-state index is -0.721. The topological polar surface area (TPSA) is 49.8 Å². The predicted molar refractivity (Wildman–Crippen MR) is 81.0 cm³/mol. The fraction of sp³-hybridized carbons (Fsp3) is 0.938. The van der Waals surface area contributed by atoms with Crippen molar-refractivity contribution in [3.05, 3.63) is 0 Å². The Labute approximate surface area is 123 Å². The molecule has 4 nitrogen and oxygen atoms in total. The maximum absolute atomic E-state index is 11.3. The van der Waals surface area contributed by atoms with E-state index in [-0.39, 0.29) is 12.0 Å². The minimum Gasteiger partial charge on any atom is -0.481 e. The molecule has 3 atom stereocenters. The molecule has 0 aromatic carbocycles. The van der Waals surface area contributed by atoms with Crippen molar-refractivity contribution in [1.29, 1.82) is 0 Å². The fourth-order valence-electron chi connectivity index (χ4n) is 3.19. The maximum atomic E-state index is 11.3. The molecule has 1 N–H and O–H groups in total. The van der Waals surface area contributed by atoms with E-state index in [2.05, 4.69) is 25.7 Å². The number of carboxylic acids is 1. The molecule has 0 spiro atoms. The molecule has 4 heteroatoms. The van der Waals surface area contributed by atoms with Gasteiger partial charge in [-0.1, -0.05) is 46.0 Å². The van der Waals surface area contributed by atoms with Gasteiger partial charge in [0.1, 0.15) is 0 Å². The Morgan fingerprint density at radius 3 is 2.55 bits per heavy atom. The molecule has 1 aliphatic heterocycles. The third kappa shape index (κ3) is 5.06. The highest BCUT2D eigenvalue weighted by Crippen LogP contribution is 2.24. The van der Waals surface area contributed by atoms with Crippen LogP contribution < -0.4 is 0 Å². The number of carboxylic acid groups (broad SMARTS) is 1. The summed E-state index contributed by atoms with van der Waals surface area (Å²) < 4.78 is 5.40. The number of nitrogens with zero attached hydrogens (tertiary/aromatic N) is 1. The average molecular weight is 285 g/mol. The quantitative estimate of drug-likeness (QED) is 0.626. The number of likely N-dealkylation sites (N-methyl/N-ethyl adjacent to an activating group) is 1. The number of hydrogen-bond donors (Lipinski definition) is 1. The van der Waals surface area contributed by atoms with Gasteiger partial charge in [-0.2, -0.15) is 0 Å². The van der Waals surface area contributed by atoms with Crippen LogP contribution in [0.3, 0.4) is 0 Å². The highest BCUT2D eigenvalue weighted by molar-refractivity contribution is 5.71. The van der Waals surface area contributed by atoms with Crippen LogP contribution in [0.1, 0.15) is 59.3 Å². The molecule has 1 heterocycles. The Bertz CT molecular complexity index is 283. The molecule has 0 aromatic heterocycles. The van der Waals surface area contributed by atoms with Crippen molar-refractivity contribution in [1.82, 2.24) is 4.90 Å². The highest BCUT2D eigenvalue weighted by Gasteiger charge is 2.38. The van der Waals surface area contributed by atoms with Gasteiger partial charge < -0.3 is 9.84 Å². The lowest BCUT2D eigenvalue weighted by molar-refractivity contribution is -0.143. The lowest BCUT2D eigenvalue weighted by Gasteiger charge is -2.34. The SMILES string of the molecule is CCCCCCCC(C)N(CC)C1COCC1C(=O)O. The van der Waals surface area contributed by atoms with Gasteiger partial charge in [-0.05, 0) is 19.9 Å². The average Bonchev–Trinajstić information content (AvgIpc) is 2.89. The maximum Gasteiger partial charge on any atom is 0.310 e. The van der Waals surface area contributed by atoms with Crippen molar-refractivity contribution < 1.29 is 14.6 Å². The molecule has 0 saturated carbocycles. The van der Waals surface area contributed by atoms with E-state index in [4.69, 9.17) is 4.74 Å². The lowest BCUT2D eigenvalue weighted by atomic mass is 9.98. The van der Waals surface area contributed by atoms with Crippen LogP contribution in [0.25, 0.3) is 0 Å². The summed E-state index contributed by atoms with van der Waals surface area (Å²) in [7, 11) is 0. The standard InChI is InChI=1S/C16H31NO3/c1-4-6-7-8-9-10-13(3)17(5-2)15-12-20-11-14(15)16(18)19/h13-15H,4-12H2,1-3H3,(H,18,19). The van der Waals surface area contributed by atoms with Crippen LogP contribution in [0.2, 0.25) is 0 Å². The molecule has 1 aliphatic rings. The van der Waals surface area contributed by atoms with Gasteiger partial charge in [0.15, 0.2) is 0 Å². The van der Waals surface area contributed by atoms with Crippen molar-refractivity contribution in [3.8, 4) is 0 Å². The first kappa shape index (κ1) is 17.4. The van der Waals surface area contributed by atoms with Crippen LogP contribution >= 0.6 is 0 Å². The summed E-state index contributed by atoms with van der Waals surface area (Å²) in [5.74, 6) is -1.08. The van der Waals surface area contributed by atoms with Gasteiger partial charge in [0, 0.05) is 12.1 Å². The molecule has 1 fully saturated rings. The summed E-state index contributed by atoms with van der Waals surface area (Å²) >= 11 is 0. The first-order valence-corrected chi connectivity index (χ1v) is 8.18. The van der Waals surface area contributed by atoms with Crippen LogP contribution in [0, 0.1) is 5.92 Å². The van der Waals surface area contributed by atoms with E-state index < -0.39 is 5.97 Å². The van der Waals surface area contributed by atoms with Crippen LogP contribution in [-0.4, -0.2) is 47.8 Å². The van der Waals surface area contributed by atoms with Gasteiger partial charge in [0.25, 0.3) is 0 Å². The number of aliphatic carboxylic acids is 1. The number of ether oxygens (including phenoxy) is 1. The number of hydrogen-bond acceptors (Lipinski definition) is 3. The molecule has 0 aromatic rings. The van der Waals surface area contributed by atoms with E-state index in [0.717, 1.165) is 13.0 Å². The van der Waals surface area contributed by atoms with E-state index in [0.29, 0.717) is 19.3 Å². The van der Waals surface area contributed by atoms with Crippen LogP contribution in [0.5, 0.6) is 0 Å². The molecule has 0 aliphatic carbocycles. The monoisotopic (exact) mass is 285 g/mol. The number of carbonyl (C=O) groups is 1. The van der Waals surface area contributed by atoms with Crippen molar-refractivity contribution in [2.24, 2.45) is 5.92 Å². The van der Waals surface area contributed by atoms with E-state index in [9.17, 15) is 9.90 Å². The summed E-state index contributed by atoms with van der Waals surface area (Å²) in [5, 5.41) is 9.28.